The molecular formula is C11H16BrNO2S3. The second-order valence-electron chi connectivity index (χ2n) is 4.48. The van der Waals surface area contributed by atoms with Crippen molar-refractivity contribution in [2.75, 3.05) is 12.8 Å². The predicted molar refractivity (Wildman–Crippen MR) is 81.9 cm³/mol. The highest BCUT2D eigenvalue weighted by Gasteiger charge is 2.34. The smallest absolute Gasteiger partial charge is 0.209 e. The molecule has 0 unspecified atom stereocenters. The molecule has 1 heterocycles. The van der Waals surface area contributed by atoms with Gasteiger partial charge in [-0.15, -0.1) is 11.3 Å². The second-order valence-corrected chi connectivity index (χ2v) is 10.2. The van der Waals surface area contributed by atoms with E-state index in [-0.39, 0.29) is 4.75 Å². The van der Waals surface area contributed by atoms with Gasteiger partial charge in [0.25, 0.3) is 0 Å². The summed E-state index contributed by atoms with van der Waals surface area (Å²) in [6.07, 6.45) is 6.68. The van der Waals surface area contributed by atoms with Gasteiger partial charge in [-0.25, -0.2) is 13.1 Å². The number of thiophene rings is 1. The first-order valence-electron chi connectivity index (χ1n) is 5.78. The van der Waals surface area contributed by atoms with Crippen molar-refractivity contribution in [3.05, 3.63) is 15.9 Å². The Morgan fingerprint density at radius 2 is 2.11 bits per heavy atom. The molecule has 18 heavy (non-hydrogen) atoms. The highest BCUT2D eigenvalue weighted by Crippen LogP contribution is 2.40. The van der Waals surface area contributed by atoms with Crippen LogP contribution in [-0.2, 0) is 10.0 Å². The molecule has 0 aliphatic heterocycles. The molecule has 1 aromatic rings. The molecule has 0 aromatic carbocycles. The maximum absolute atomic E-state index is 12.1. The monoisotopic (exact) mass is 369 g/mol. The van der Waals surface area contributed by atoms with Crippen LogP contribution < -0.4 is 4.72 Å². The van der Waals surface area contributed by atoms with Crippen molar-refractivity contribution >= 4 is 49.1 Å². The van der Waals surface area contributed by atoms with E-state index in [0.29, 0.717) is 10.8 Å². The fourth-order valence-corrected chi connectivity index (χ4v) is 6.40. The zero-order valence-corrected chi connectivity index (χ0v) is 14.1. The summed E-state index contributed by atoms with van der Waals surface area (Å²) >= 11 is 6.32. The first-order chi connectivity index (χ1) is 8.47. The molecule has 0 spiro atoms. The fraction of sp³-hybridized carbons (Fsp3) is 0.636. The Bertz CT molecular complexity index is 506. The van der Waals surface area contributed by atoms with Crippen LogP contribution in [0.4, 0.5) is 0 Å². The van der Waals surface area contributed by atoms with E-state index in [1.54, 1.807) is 23.9 Å². The van der Waals surface area contributed by atoms with Gasteiger partial charge in [0, 0.05) is 11.3 Å². The normalized spacial score (nSPS) is 19.2. The van der Waals surface area contributed by atoms with Crippen LogP contribution in [0.1, 0.15) is 25.7 Å². The lowest BCUT2D eigenvalue weighted by molar-refractivity contribution is 0.552. The van der Waals surface area contributed by atoms with Gasteiger partial charge in [-0.05, 0) is 47.2 Å². The summed E-state index contributed by atoms with van der Waals surface area (Å²) in [4.78, 5) is 0. The number of halogens is 1. The zero-order valence-electron chi connectivity index (χ0n) is 10.1. The Morgan fingerprint density at radius 3 is 2.61 bits per heavy atom. The molecule has 2 rings (SSSR count). The third-order valence-corrected chi connectivity index (χ3v) is 8.28. The first-order valence-corrected chi connectivity index (χ1v) is 10.1. The van der Waals surface area contributed by atoms with Gasteiger partial charge in [0.1, 0.15) is 4.21 Å². The average Bonchev–Trinajstić information content (AvgIpc) is 2.96. The minimum atomic E-state index is -3.35. The third-order valence-electron chi connectivity index (χ3n) is 3.35. The van der Waals surface area contributed by atoms with Gasteiger partial charge in [-0.2, -0.15) is 11.8 Å². The van der Waals surface area contributed by atoms with Crippen LogP contribution in [-0.4, -0.2) is 26.0 Å². The van der Waals surface area contributed by atoms with E-state index in [1.165, 1.54) is 24.2 Å². The summed E-state index contributed by atoms with van der Waals surface area (Å²) in [5.41, 5.74) is 0. The maximum atomic E-state index is 12.1. The van der Waals surface area contributed by atoms with Crippen molar-refractivity contribution in [1.29, 1.82) is 0 Å². The van der Waals surface area contributed by atoms with Gasteiger partial charge < -0.3 is 0 Å². The molecule has 1 saturated carbocycles. The molecular weight excluding hydrogens is 354 g/mol. The van der Waals surface area contributed by atoms with E-state index in [2.05, 4.69) is 26.9 Å². The van der Waals surface area contributed by atoms with Crippen molar-refractivity contribution in [2.45, 2.75) is 34.6 Å². The van der Waals surface area contributed by atoms with Crippen molar-refractivity contribution < 1.29 is 8.42 Å². The number of hydrogen-bond donors (Lipinski definition) is 1. The quantitative estimate of drug-likeness (QED) is 0.863. The number of thioether (sulfide) groups is 1. The lowest BCUT2D eigenvalue weighted by Gasteiger charge is -2.26. The molecule has 1 aliphatic rings. The van der Waals surface area contributed by atoms with Crippen molar-refractivity contribution in [2.24, 2.45) is 0 Å². The fourth-order valence-electron chi connectivity index (χ4n) is 2.21. The first kappa shape index (κ1) is 14.8. The Labute approximate surface area is 125 Å². The highest BCUT2D eigenvalue weighted by atomic mass is 79.9. The molecule has 102 valence electrons. The maximum Gasteiger partial charge on any atom is 0.250 e. The summed E-state index contributed by atoms with van der Waals surface area (Å²) in [6, 6.07) is 3.40. The highest BCUT2D eigenvalue weighted by molar-refractivity contribution is 9.11. The van der Waals surface area contributed by atoms with Gasteiger partial charge in [-0.3, -0.25) is 0 Å². The second kappa shape index (κ2) is 5.83. The minimum absolute atomic E-state index is 0.0988. The van der Waals surface area contributed by atoms with E-state index in [0.717, 1.165) is 16.6 Å². The van der Waals surface area contributed by atoms with Crippen molar-refractivity contribution in [1.82, 2.24) is 4.72 Å². The molecule has 1 N–H and O–H groups in total. The molecule has 7 heteroatoms. The Balaban J connectivity index is 2.05. The van der Waals surface area contributed by atoms with Gasteiger partial charge in [0.05, 0.1) is 3.79 Å². The molecule has 0 radical (unpaired) electrons. The van der Waals surface area contributed by atoms with Crippen molar-refractivity contribution in [3.63, 3.8) is 0 Å². The van der Waals surface area contributed by atoms with Crippen LogP contribution in [0.25, 0.3) is 0 Å². The van der Waals surface area contributed by atoms with Crippen LogP contribution in [0.15, 0.2) is 20.1 Å². The largest absolute Gasteiger partial charge is 0.250 e. The lowest BCUT2D eigenvalue weighted by atomic mass is 10.1. The molecule has 3 nitrogen and oxygen atoms in total. The van der Waals surface area contributed by atoms with Crippen LogP contribution in [0.3, 0.4) is 0 Å². The predicted octanol–water partition coefficient (Wildman–Crippen LogP) is 3.46. The number of sulfonamides is 1. The summed E-state index contributed by atoms with van der Waals surface area (Å²) in [6.45, 7) is 0.534. The Hall–Kier alpha value is 0.440. The Kier molecular flexibility index (Phi) is 4.80. The van der Waals surface area contributed by atoms with Crippen LogP contribution in [0, 0.1) is 0 Å². The SMILES string of the molecule is CSC1(CNS(=O)(=O)c2ccc(Br)s2)CCCC1. The summed E-state index contributed by atoms with van der Waals surface area (Å²) in [5.74, 6) is 0. The van der Waals surface area contributed by atoms with Gasteiger partial charge in [-0.1, -0.05) is 12.8 Å². The zero-order chi connectivity index (χ0) is 13.2. The van der Waals surface area contributed by atoms with Crippen LogP contribution >= 0.6 is 39.0 Å². The van der Waals surface area contributed by atoms with Crippen LogP contribution in [0.5, 0.6) is 0 Å². The Morgan fingerprint density at radius 1 is 1.44 bits per heavy atom. The van der Waals surface area contributed by atoms with Gasteiger partial charge in [0.2, 0.25) is 10.0 Å². The number of nitrogens with one attached hydrogen (secondary N) is 1. The third kappa shape index (κ3) is 3.30. The minimum Gasteiger partial charge on any atom is -0.209 e. The van der Waals surface area contributed by atoms with E-state index >= 15 is 0 Å². The molecule has 1 aromatic heterocycles. The van der Waals surface area contributed by atoms with Gasteiger partial charge in [0.15, 0.2) is 0 Å². The molecule has 0 atom stereocenters. The molecule has 0 saturated heterocycles. The van der Waals surface area contributed by atoms with Gasteiger partial charge >= 0.3 is 0 Å². The molecule has 0 bridgehead atoms. The van der Waals surface area contributed by atoms with E-state index < -0.39 is 10.0 Å². The average molecular weight is 370 g/mol. The standard InChI is InChI=1S/C11H16BrNO2S3/c1-16-11(6-2-3-7-11)8-13-18(14,15)10-5-4-9(12)17-10/h4-5,13H,2-3,6-8H2,1H3. The topological polar surface area (TPSA) is 46.2 Å². The summed E-state index contributed by atoms with van der Waals surface area (Å²) in [5, 5.41) is 0. The molecule has 1 fully saturated rings. The number of hydrogen-bond acceptors (Lipinski definition) is 4. The van der Waals surface area contributed by atoms with Crippen molar-refractivity contribution in [3.8, 4) is 0 Å². The molecule has 1 aliphatic carbocycles. The molecule has 0 amide bonds. The van der Waals surface area contributed by atoms with E-state index in [9.17, 15) is 8.42 Å². The number of rotatable bonds is 5. The van der Waals surface area contributed by atoms with E-state index in [1.807, 2.05) is 0 Å². The van der Waals surface area contributed by atoms with Crippen LogP contribution in [0.2, 0.25) is 0 Å². The lowest BCUT2D eigenvalue weighted by Crippen LogP contribution is -2.38. The summed E-state index contributed by atoms with van der Waals surface area (Å²) < 4.78 is 28.3. The van der Waals surface area contributed by atoms with E-state index in [4.69, 9.17) is 0 Å². The summed E-state index contributed by atoms with van der Waals surface area (Å²) in [7, 11) is -3.35.